The van der Waals surface area contributed by atoms with Crippen LogP contribution in [-0.2, 0) is 9.59 Å². The number of Topliss-reactive ketones (excluding diaryl/α,β-unsaturated/α-hetero) is 1. The summed E-state index contributed by atoms with van der Waals surface area (Å²) in [5.41, 5.74) is 0.925. The predicted molar refractivity (Wildman–Crippen MR) is 86.5 cm³/mol. The summed E-state index contributed by atoms with van der Waals surface area (Å²) in [7, 11) is 0. The Labute approximate surface area is 133 Å². The van der Waals surface area contributed by atoms with Crippen molar-refractivity contribution < 1.29 is 19.8 Å². The molecule has 0 aromatic heterocycles. The Morgan fingerprint density at radius 2 is 1.82 bits per heavy atom. The van der Waals surface area contributed by atoms with Crippen molar-refractivity contribution in [2.45, 2.75) is 65.9 Å². The summed E-state index contributed by atoms with van der Waals surface area (Å²) in [6, 6.07) is 0. The summed E-state index contributed by atoms with van der Waals surface area (Å²) in [6.45, 7) is 8.85. The maximum atomic E-state index is 11.6. The number of allylic oxidation sites excluding steroid dienone is 1. The zero-order chi connectivity index (χ0) is 16.9. The molecule has 2 N–H and O–H groups in total. The van der Waals surface area contributed by atoms with E-state index in [1.807, 2.05) is 0 Å². The van der Waals surface area contributed by atoms with E-state index in [4.69, 9.17) is 5.11 Å². The van der Waals surface area contributed by atoms with Crippen molar-refractivity contribution in [3.05, 3.63) is 11.6 Å². The van der Waals surface area contributed by atoms with Crippen molar-refractivity contribution in [3.63, 3.8) is 0 Å². The van der Waals surface area contributed by atoms with E-state index in [9.17, 15) is 14.7 Å². The normalized spacial score (nSPS) is 25.4. The van der Waals surface area contributed by atoms with Crippen molar-refractivity contribution >= 4 is 11.8 Å². The van der Waals surface area contributed by atoms with Crippen LogP contribution >= 0.6 is 0 Å². The number of hydrogen-bond donors (Lipinski definition) is 2. The van der Waals surface area contributed by atoms with Gasteiger partial charge < -0.3 is 10.2 Å². The van der Waals surface area contributed by atoms with Crippen LogP contribution in [0.4, 0.5) is 0 Å². The maximum Gasteiger partial charge on any atom is 0.310 e. The standard InChI is InChI=1S/C18H30O4/c1-5-11(3)15-7-13(8-16(15)12(4)6-2)17(20)9-14(19)10-18(21)22/h7,11-12,15-17,20H,5-6,8-10H2,1-4H3,(H,21,22). The number of carbonyl (C=O) groups excluding carboxylic acids is 1. The highest BCUT2D eigenvalue weighted by molar-refractivity contribution is 5.95. The van der Waals surface area contributed by atoms with Gasteiger partial charge in [-0.2, -0.15) is 0 Å². The first-order chi connectivity index (χ1) is 10.3. The Balaban J connectivity index is 2.77. The van der Waals surface area contributed by atoms with E-state index in [0.717, 1.165) is 24.8 Å². The van der Waals surface area contributed by atoms with Gasteiger partial charge in [0, 0.05) is 6.42 Å². The molecule has 0 bridgehead atoms. The minimum atomic E-state index is -1.13. The molecule has 0 saturated carbocycles. The number of carboxylic acid groups (broad SMARTS) is 1. The SMILES string of the molecule is CCC(C)C1C=C(C(O)CC(=O)CC(=O)O)CC1C(C)CC. The van der Waals surface area contributed by atoms with Crippen LogP contribution in [0.1, 0.15) is 59.8 Å². The van der Waals surface area contributed by atoms with Crippen molar-refractivity contribution in [2.75, 3.05) is 0 Å². The number of aliphatic hydroxyl groups excluding tert-OH is 1. The number of carbonyl (C=O) groups is 2. The highest BCUT2D eigenvalue weighted by atomic mass is 16.4. The molecular formula is C18H30O4. The number of aliphatic carboxylic acids is 1. The zero-order valence-electron chi connectivity index (χ0n) is 14.2. The van der Waals surface area contributed by atoms with Gasteiger partial charge in [0.05, 0.1) is 6.10 Å². The molecule has 0 spiro atoms. The maximum absolute atomic E-state index is 11.6. The van der Waals surface area contributed by atoms with Gasteiger partial charge in [0.2, 0.25) is 0 Å². The Morgan fingerprint density at radius 3 is 2.32 bits per heavy atom. The molecule has 0 saturated heterocycles. The van der Waals surface area contributed by atoms with Gasteiger partial charge in [0.15, 0.2) is 0 Å². The quantitative estimate of drug-likeness (QED) is 0.505. The van der Waals surface area contributed by atoms with Gasteiger partial charge in [0.25, 0.3) is 0 Å². The summed E-state index contributed by atoms with van der Waals surface area (Å²) in [5, 5.41) is 18.9. The van der Waals surface area contributed by atoms with Crippen LogP contribution in [0.15, 0.2) is 11.6 Å². The molecule has 0 heterocycles. The van der Waals surface area contributed by atoms with Gasteiger partial charge in [-0.25, -0.2) is 0 Å². The molecule has 5 unspecified atom stereocenters. The average molecular weight is 310 g/mol. The molecule has 5 atom stereocenters. The first-order valence-corrected chi connectivity index (χ1v) is 8.42. The van der Waals surface area contributed by atoms with Crippen LogP contribution in [0.25, 0.3) is 0 Å². The van der Waals surface area contributed by atoms with Crippen LogP contribution in [0.5, 0.6) is 0 Å². The third kappa shape index (κ3) is 4.94. The van der Waals surface area contributed by atoms with E-state index in [2.05, 4.69) is 33.8 Å². The van der Waals surface area contributed by atoms with Crippen molar-refractivity contribution in [1.29, 1.82) is 0 Å². The highest BCUT2D eigenvalue weighted by Crippen LogP contribution is 2.43. The summed E-state index contributed by atoms with van der Waals surface area (Å²) in [6.07, 6.45) is 3.76. The van der Waals surface area contributed by atoms with Crippen LogP contribution in [0.2, 0.25) is 0 Å². The molecule has 0 radical (unpaired) electrons. The first kappa shape index (κ1) is 18.9. The second kappa shape index (κ2) is 8.47. The van der Waals surface area contributed by atoms with Crippen LogP contribution in [-0.4, -0.2) is 28.1 Å². The highest BCUT2D eigenvalue weighted by Gasteiger charge is 2.35. The molecule has 126 valence electrons. The second-order valence-electron chi connectivity index (χ2n) is 6.79. The van der Waals surface area contributed by atoms with E-state index in [1.54, 1.807) is 0 Å². The zero-order valence-corrected chi connectivity index (χ0v) is 14.2. The van der Waals surface area contributed by atoms with Gasteiger partial charge in [-0.05, 0) is 35.7 Å². The lowest BCUT2D eigenvalue weighted by atomic mass is 9.76. The summed E-state index contributed by atoms with van der Waals surface area (Å²) in [4.78, 5) is 22.2. The fourth-order valence-electron chi connectivity index (χ4n) is 3.42. The van der Waals surface area contributed by atoms with Crippen molar-refractivity contribution in [2.24, 2.45) is 23.7 Å². The summed E-state index contributed by atoms with van der Waals surface area (Å²) in [5.74, 6) is 0.548. The first-order valence-electron chi connectivity index (χ1n) is 8.42. The Morgan fingerprint density at radius 1 is 1.23 bits per heavy atom. The molecule has 0 amide bonds. The van der Waals surface area contributed by atoms with Crippen LogP contribution in [0, 0.1) is 23.7 Å². The minimum absolute atomic E-state index is 0.0847. The van der Waals surface area contributed by atoms with E-state index in [-0.39, 0.29) is 6.42 Å². The lowest BCUT2D eigenvalue weighted by molar-refractivity contribution is -0.140. The van der Waals surface area contributed by atoms with E-state index >= 15 is 0 Å². The average Bonchev–Trinajstić information content (AvgIpc) is 2.89. The Bertz CT molecular complexity index is 427. The monoisotopic (exact) mass is 310 g/mol. The Hall–Kier alpha value is -1.16. The second-order valence-corrected chi connectivity index (χ2v) is 6.79. The third-order valence-electron chi connectivity index (χ3n) is 5.25. The largest absolute Gasteiger partial charge is 0.481 e. The fraction of sp³-hybridized carbons (Fsp3) is 0.778. The summed E-state index contributed by atoms with van der Waals surface area (Å²) < 4.78 is 0. The molecule has 1 aliphatic rings. The van der Waals surface area contributed by atoms with Crippen LogP contribution in [0.3, 0.4) is 0 Å². The van der Waals surface area contributed by atoms with Gasteiger partial charge in [-0.1, -0.05) is 46.6 Å². The van der Waals surface area contributed by atoms with Crippen molar-refractivity contribution in [1.82, 2.24) is 0 Å². The molecule has 0 aromatic rings. The molecule has 22 heavy (non-hydrogen) atoms. The Kier molecular flexibility index (Phi) is 7.27. The molecule has 0 aliphatic heterocycles. The van der Waals surface area contributed by atoms with E-state index in [0.29, 0.717) is 23.7 Å². The summed E-state index contributed by atoms with van der Waals surface area (Å²) >= 11 is 0. The molecule has 0 aromatic carbocycles. The molecule has 4 heteroatoms. The molecule has 4 nitrogen and oxygen atoms in total. The molecule has 0 fully saturated rings. The third-order valence-corrected chi connectivity index (χ3v) is 5.25. The number of aliphatic hydroxyl groups is 1. The number of rotatable bonds is 9. The number of carboxylic acids is 1. The van der Waals surface area contributed by atoms with Gasteiger partial charge in [-0.3, -0.25) is 9.59 Å². The fourth-order valence-corrected chi connectivity index (χ4v) is 3.42. The lowest BCUT2D eigenvalue weighted by Crippen LogP contribution is -2.22. The van der Waals surface area contributed by atoms with Gasteiger partial charge in [-0.15, -0.1) is 0 Å². The van der Waals surface area contributed by atoms with Crippen LogP contribution < -0.4 is 0 Å². The van der Waals surface area contributed by atoms with E-state index < -0.39 is 24.3 Å². The molecule has 1 aliphatic carbocycles. The topological polar surface area (TPSA) is 74.6 Å². The molecular weight excluding hydrogens is 280 g/mol. The van der Waals surface area contributed by atoms with Gasteiger partial charge >= 0.3 is 5.97 Å². The number of ketones is 1. The van der Waals surface area contributed by atoms with E-state index in [1.165, 1.54) is 0 Å². The number of hydrogen-bond acceptors (Lipinski definition) is 3. The predicted octanol–water partition coefficient (Wildman–Crippen LogP) is 3.44. The minimum Gasteiger partial charge on any atom is -0.481 e. The molecule has 1 rings (SSSR count). The van der Waals surface area contributed by atoms with Crippen molar-refractivity contribution in [3.8, 4) is 0 Å². The van der Waals surface area contributed by atoms with Gasteiger partial charge in [0.1, 0.15) is 12.2 Å². The lowest BCUT2D eigenvalue weighted by Gasteiger charge is -2.29. The smallest absolute Gasteiger partial charge is 0.310 e.